The summed E-state index contributed by atoms with van der Waals surface area (Å²) in [5.41, 5.74) is -2.19. The molecule has 9 nitrogen and oxygen atoms in total. The summed E-state index contributed by atoms with van der Waals surface area (Å²) in [6.07, 6.45) is 0.0246. The topological polar surface area (TPSA) is 116 Å². The van der Waals surface area contributed by atoms with Gasteiger partial charge in [0.1, 0.15) is 5.69 Å². The molecule has 0 amide bonds. The summed E-state index contributed by atoms with van der Waals surface area (Å²) in [4.78, 5) is 21.6. The highest BCUT2D eigenvalue weighted by molar-refractivity contribution is 5.53. The summed E-state index contributed by atoms with van der Waals surface area (Å²) in [7, 11) is 0. The lowest BCUT2D eigenvalue weighted by molar-refractivity contribution is -0.385. The number of alkyl halides is 1. The molecule has 2 rings (SSSR count). The van der Waals surface area contributed by atoms with E-state index in [4.69, 9.17) is 0 Å². The predicted molar refractivity (Wildman–Crippen MR) is 64.5 cm³/mol. The number of nitrogens with zero attached hydrogens (tertiary/aromatic N) is 5. The number of halogens is 2. The molecular weight excluding hydrogens is 292 g/mol. The summed E-state index contributed by atoms with van der Waals surface area (Å²) in [6.45, 7) is -0.727. The summed E-state index contributed by atoms with van der Waals surface area (Å²) in [5.74, 6) is -1.96. The standard InChI is InChI=1S/C10H9F2N5O4/c11-2-1-3-15-10(19)16(14-13-15)7-5-8(17(20)21)9(18)4-6(7)12/h4-5,18H,1-3H2. The number of aromatic nitrogens is 4. The SMILES string of the molecule is O=c1n(CCCF)nnn1-c1cc([N+](=O)[O-])c(O)cc1F. The predicted octanol–water partition coefficient (Wildman–Crippen LogP) is 0.541. The first kappa shape index (κ1) is 14.6. The maximum atomic E-state index is 13.7. The zero-order chi connectivity index (χ0) is 15.6. The normalized spacial score (nSPS) is 10.8. The zero-order valence-corrected chi connectivity index (χ0v) is 10.4. The van der Waals surface area contributed by atoms with Crippen molar-refractivity contribution in [1.82, 2.24) is 19.8 Å². The maximum absolute atomic E-state index is 13.7. The first-order valence-corrected chi connectivity index (χ1v) is 5.71. The Bertz CT molecular complexity index is 742. The second-order valence-electron chi connectivity index (χ2n) is 3.99. The van der Waals surface area contributed by atoms with Crippen LogP contribution in [0.5, 0.6) is 5.75 Å². The molecule has 0 spiro atoms. The van der Waals surface area contributed by atoms with E-state index in [2.05, 4.69) is 10.4 Å². The van der Waals surface area contributed by atoms with Crippen LogP contribution in [0.25, 0.3) is 5.69 Å². The Morgan fingerprint density at radius 2 is 2.10 bits per heavy atom. The summed E-state index contributed by atoms with van der Waals surface area (Å²) in [6, 6.07) is 1.17. The molecule has 1 aromatic carbocycles. The van der Waals surface area contributed by atoms with Crippen LogP contribution >= 0.6 is 0 Å². The number of aromatic hydroxyl groups is 1. The van der Waals surface area contributed by atoms with Crippen molar-refractivity contribution in [3.8, 4) is 11.4 Å². The van der Waals surface area contributed by atoms with Gasteiger partial charge in [-0.2, -0.15) is 9.36 Å². The molecule has 0 fully saturated rings. The first-order valence-electron chi connectivity index (χ1n) is 5.71. The number of phenols is 1. The van der Waals surface area contributed by atoms with Gasteiger partial charge in [0, 0.05) is 12.1 Å². The van der Waals surface area contributed by atoms with Crippen molar-refractivity contribution >= 4 is 5.69 Å². The number of nitro benzene ring substituents is 1. The second kappa shape index (κ2) is 5.64. The van der Waals surface area contributed by atoms with Gasteiger partial charge in [-0.25, -0.2) is 9.18 Å². The van der Waals surface area contributed by atoms with Gasteiger partial charge in [0.05, 0.1) is 18.1 Å². The van der Waals surface area contributed by atoms with E-state index in [9.17, 15) is 28.8 Å². The molecular formula is C10H9F2N5O4. The number of hydrogen-bond acceptors (Lipinski definition) is 6. The van der Waals surface area contributed by atoms with Crippen molar-refractivity contribution in [1.29, 1.82) is 0 Å². The van der Waals surface area contributed by atoms with Crippen molar-refractivity contribution in [2.24, 2.45) is 0 Å². The van der Waals surface area contributed by atoms with Gasteiger partial charge in [0.25, 0.3) is 0 Å². The maximum Gasteiger partial charge on any atom is 0.368 e. The minimum Gasteiger partial charge on any atom is -0.502 e. The van der Waals surface area contributed by atoms with E-state index in [1.807, 2.05) is 0 Å². The summed E-state index contributed by atoms with van der Waals surface area (Å²) >= 11 is 0. The van der Waals surface area contributed by atoms with E-state index in [-0.39, 0.29) is 13.0 Å². The molecule has 0 bridgehead atoms. The third-order valence-electron chi connectivity index (χ3n) is 2.61. The van der Waals surface area contributed by atoms with Gasteiger partial charge in [-0.15, -0.1) is 0 Å². The lowest BCUT2D eigenvalue weighted by atomic mass is 10.2. The minimum absolute atomic E-state index is 0.0246. The van der Waals surface area contributed by atoms with Gasteiger partial charge < -0.3 is 5.11 Å². The molecule has 112 valence electrons. The largest absolute Gasteiger partial charge is 0.502 e. The Labute approximate surface area is 115 Å². The highest BCUT2D eigenvalue weighted by atomic mass is 19.1. The lowest BCUT2D eigenvalue weighted by Gasteiger charge is -2.02. The molecule has 0 radical (unpaired) electrons. The Balaban J connectivity index is 2.52. The summed E-state index contributed by atoms with van der Waals surface area (Å²) in [5, 5.41) is 26.8. The van der Waals surface area contributed by atoms with Gasteiger partial charge in [-0.05, 0) is 16.8 Å². The van der Waals surface area contributed by atoms with Crippen molar-refractivity contribution in [3.05, 3.63) is 38.5 Å². The van der Waals surface area contributed by atoms with E-state index in [0.717, 1.165) is 4.68 Å². The highest BCUT2D eigenvalue weighted by Crippen LogP contribution is 2.29. The lowest BCUT2D eigenvalue weighted by Crippen LogP contribution is -2.25. The van der Waals surface area contributed by atoms with E-state index in [1.54, 1.807) is 0 Å². The van der Waals surface area contributed by atoms with Crippen LogP contribution in [0.3, 0.4) is 0 Å². The molecule has 1 heterocycles. The first-order chi connectivity index (χ1) is 9.95. The van der Waals surface area contributed by atoms with Gasteiger partial charge in [0.2, 0.25) is 0 Å². The molecule has 0 aliphatic carbocycles. The summed E-state index contributed by atoms with van der Waals surface area (Å²) < 4.78 is 27.1. The van der Waals surface area contributed by atoms with Gasteiger partial charge >= 0.3 is 11.4 Å². The molecule has 11 heteroatoms. The Hall–Kier alpha value is -2.85. The van der Waals surface area contributed by atoms with Crippen LogP contribution in [0.15, 0.2) is 16.9 Å². The highest BCUT2D eigenvalue weighted by Gasteiger charge is 2.21. The molecule has 1 aromatic heterocycles. The van der Waals surface area contributed by atoms with Crippen LogP contribution < -0.4 is 5.69 Å². The number of tetrazole rings is 1. The molecule has 0 unspecified atom stereocenters. The monoisotopic (exact) mass is 301 g/mol. The van der Waals surface area contributed by atoms with E-state index in [1.165, 1.54) is 0 Å². The number of benzene rings is 1. The van der Waals surface area contributed by atoms with Crippen LogP contribution in [0.2, 0.25) is 0 Å². The van der Waals surface area contributed by atoms with Gasteiger partial charge in [0.15, 0.2) is 11.6 Å². The smallest absolute Gasteiger partial charge is 0.368 e. The third-order valence-corrected chi connectivity index (χ3v) is 2.61. The fourth-order valence-electron chi connectivity index (χ4n) is 1.62. The van der Waals surface area contributed by atoms with Crippen molar-refractivity contribution < 1.29 is 18.8 Å². The third kappa shape index (κ3) is 2.70. The average Bonchev–Trinajstić information content (AvgIpc) is 2.77. The molecule has 0 saturated heterocycles. The number of rotatable bonds is 5. The molecule has 0 saturated carbocycles. The van der Waals surface area contributed by atoms with Crippen molar-refractivity contribution in [2.75, 3.05) is 6.67 Å². The second-order valence-corrected chi connectivity index (χ2v) is 3.99. The van der Waals surface area contributed by atoms with Crippen LogP contribution in [0, 0.1) is 15.9 Å². The van der Waals surface area contributed by atoms with Gasteiger partial charge in [-0.3, -0.25) is 14.5 Å². The molecule has 2 aromatic rings. The Morgan fingerprint density at radius 1 is 1.38 bits per heavy atom. The zero-order valence-electron chi connectivity index (χ0n) is 10.4. The van der Waals surface area contributed by atoms with Gasteiger partial charge in [-0.1, -0.05) is 0 Å². The van der Waals surface area contributed by atoms with E-state index >= 15 is 0 Å². The minimum atomic E-state index is -1.09. The van der Waals surface area contributed by atoms with Crippen LogP contribution in [0.1, 0.15) is 6.42 Å². The quantitative estimate of drug-likeness (QED) is 0.636. The molecule has 0 atom stereocenters. The van der Waals surface area contributed by atoms with E-state index < -0.39 is 40.2 Å². The molecule has 0 aliphatic heterocycles. The number of phenolic OH excluding ortho intramolecular Hbond substituents is 1. The number of aryl methyl sites for hydroxylation is 1. The van der Waals surface area contributed by atoms with Crippen LogP contribution in [-0.4, -0.2) is 36.5 Å². The fraction of sp³-hybridized carbons (Fsp3) is 0.300. The average molecular weight is 301 g/mol. The van der Waals surface area contributed by atoms with Crippen LogP contribution in [-0.2, 0) is 6.54 Å². The Morgan fingerprint density at radius 3 is 2.71 bits per heavy atom. The molecule has 21 heavy (non-hydrogen) atoms. The Kier molecular flexibility index (Phi) is 3.91. The van der Waals surface area contributed by atoms with E-state index in [0.29, 0.717) is 16.8 Å². The fourth-order valence-corrected chi connectivity index (χ4v) is 1.62. The molecule has 1 N–H and O–H groups in total. The van der Waals surface area contributed by atoms with Crippen molar-refractivity contribution in [3.63, 3.8) is 0 Å². The number of nitro groups is 1. The number of hydrogen-bond donors (Lipinski definition) is 1. The molecule has 0 aliphatic rings. The van der Waals surface area contributed by atoms with Crippen molar-refractivity contribution in [2.45, 2.75) is 13.0 Å². The van der Waals surface area contributed by atoms with Crippen LogP contribution in [0.4, 0.5) is 14.5 Å².